The van der Waals surface area contributed by atoms with Gasteiger partial charge in [0, 0.05) is 31.3 Å². The average Bonchev–Trinajstić information content (AvgIpc) is 2.64. The second kappa shape index (κ2) is 7.43. The van der Waals surface area contributed by atoms with Crippen molar-refractivity contribution >= 4 is 0 Å². The summed E-state index contributed by atoms with van der Waals surface area (Å²) < 4.78 is 30.4. The van der Waals surface area contributed by atoms with E-state index >= 15 is 0 Å². The third-order valence-electron chi connectivity index (χ3n) is 2.63. The summed E-state index contributed by atoms with van der Waals surface area (Å²) in [6.45, 7) is 4.52. The van der Waals surface area contributed by atoms with Crippen molar-refractivity contribution in [3.63, 3.8) is 0 Å². The van der Waals surface area contributed by atoms with Crippen molar-refractivity contribution in [1.82, 2.24) is 9.78 Å². The predicted molar refractivity (Wildman–Crippen MR) is 65.8 cm³/mol. The van der Waals surface area contributed by atoms with E-state index in [0.717, 1.165) is 17.9 Å². The van der Waals surface area contributed by atoms with Crippen molar-refractivity contribution in [3.8, 4) is 0 Å². The van der Waals surface area contributed by atoms with E-state index in [4.69, 9.17) is 10.5 Å². The second-order valence-corrected chi connectivity index (χ2v) is 4.31. The van der Waals surface area contributed by atoms with Gasteiger partial charge in [0.15, 0.2) is 0 Å². The molecule has 0 spiro atoms. The molecule has 0 aliphatic rings. The van der Waals surface area contributed by atoms with Crippen LogP contribution in [0.25, 0.3) is 0 Å². The number of hydrogen-bond donors (Lipinski definition) is 1. The van der Waals surface area contributed by atoms with Gasteiger partial charge in [0.25, 0.3) is 6.43 Å². The maximum atomic E-state index is 11.8. The van der Waals surface area contributed by atoms with Crippen LogP contribution in [0.1, 0.15) is 24.7 Å². The lowest BCUT2D eigenvalue weighted by atomic mass is 10.1. The molecule has 0 aliphatic carbocycles. The lowest BCUT2D eigenvalue weighted by Crippen LogP contribution is -2.26. The van der Waals surface area contributed by atoms with E-state index in [1.807, 2.05) is 24.6 Å². The van der Waals surface area contributed by atoms with Crippen LogP contribution in [-0.2, 0) is 17.7 Å². The number of nitrogens with two attached hydrogens (primary N) is 1. The molecule has 1 unspecified atom stereocenters. The highest BCUT2D eigenvalue weighted by molar-refractivity contribution is 5.10. The highest BCUT2D eigenvalue weighted by atomic mass is 19.3. The molecule has 6 heteroatoms. The summed E-state index contributed by atoms with van der Waals surface area (Å²) in [6, 6.07) is 1.91. The Bertz CT molecular complexity index is 355. The molecule has 4 nitrogen and oxygen atoms in total. The highest BCUT2D eigenvalue weighted by Crippen LogP contribution is 2.08. The van der Waals surface area contributed by atoms with Crippen LogP contribution in [0.5, 0.6) is 0 Å². The third kappa shape index (κ3) is 5.10. The largest absolute Gasteiger partial charge is 0.375 e. The molecule has 0 aliphatic heterocycles. The van der Waals surface area contributed by atoms with Gasteiger partial charge in [-0.05, 0) is 26.3 Å². The summed E-state index contributed by atoms with van der Waals surface area (Å²) in [7, 11) is 0. The molecular formula is C12H21F2N3O. The van der Waals surface area contributed by atoms with Crippen molar-refractivity contribution in [2.75, 3.05) is 13.2 Å². The minimum absolute atomic E-state index is 0.0935. The summed E-state index contributed by atoms with van der Waals surface area (Å²) in [4.78, 5) is 0. The fourth-order valence-electron chi connectivity index (χ4n) is 1.82. The molecular weight excluding hydrogens is 240 g/mol. The van der Waals surface area contributed by atoms with Gasteiger partial charge >= 0.3 is 0 Å². The second-order valence-electron chi connectivity index (χ2n) is 4.31. The maximum Gasteiger partial charge on any atom is 0.261 e. The molecule has 1 aromatic heterocycles. The Balaban J connectivity index is 2.32. The zero-order valence-corrected chi connectivity index (χ0v) is 10.9. The van der Waals surface area contributed by atoms with Gasteiger partial charge in [0.1, 0.15) is 6.61 Å². The summed E-state index contributed by atoms with van der Waals surface area (Å²) >= 11 is 0. The first-order valence-electron chi connectivity index (χ1n) is 6.17. The lowest BCUT2D eigenvalue weighted by molar-refractivity contribution is 0.0152. The molecule has 0 saturated carbocycles. The molecule has 0 saturated heterocycles. The molecule has 0 radical (unpaired) electrons. The van der Waals surface area contributed by atoms with Gasteiger partial charge in [-0.2, -0.15) is 5.10 Å². The Morgan fingerprint density at radius 3 is 2.83 bits per heavy atom. The van der Waals surface area contributed by atoms with Crippen molar-refractivity contribution < 1.29 is 13.5 Å². The van der Waals surface area contributed by atoms with Gasteiger partial charge in [0.05, 0.1) is 5.69 Å². The molecule has 1 rings (SSSR count). The molecule has 1 atom stereocenters. The van der Waals surface area contributed by atoms with Crippen molar-refractivity contribution in [1.29, 1.82) is 0 Å². The predicted octanol–water partition coefficient (Wildman–Crippen LogP) is 1.75. The van der Waals surface area contributed by atoms with E-state index < -0.39 is 13.0 Å². The number of aromatic nitrogens is 2. The number of nitrogens with zero attached hydrogens (tertiary/aromatic N) is 2. The average molecular weight is 261 g/mol. The SMILES string of the molecule is CCn1nc(C)cc1CC(N)CCOCC(F)F. The summed E-state index contributed by atoms with van der Waals surface area (Å²) in [5.74, 6) is 0. The van der Waals surface area contributed by atoms with Gasteiger partial charge in [-0.25, -0.2) is 8.78 Å². The molecule has 2 N–H and O–H groups in total. The first-order valence-corrected chi connectivity index (χ1v) is 6.17. The summed E-state index contributed by atoms with van der Waals surface area (Å²) in [5.41, 5.74) is 7.99. The number of hydrogen-bond acceptors (Lipinski definition) is 3. The zero-order chi connectivity index (χ0) is 13.5. The molecule has 18 heavy (non-hydrogen) atoms. The Kier molecular flexibility index (Phi) is 6.21. The molecule has 104 valence electrons. The number of aryl methyl sites for hydroxylation is 2. The molecule has 0 aromatic carbocycles. The van der Waals surface area contributed by atoms with Gasteiger partial charge in [0.2, 0.25) is 0 Å². The minimum atomic E-state index is -2.41. The van der Waals surface area contributed by atoms with E-state index in [0.29, 0.717) is 12.8 Å². The van der Waals surface area contributed by atoms with Crippen LogP contribution >= 0.6 is 0 Å². The quantitative estimate of drug-likeness (QED) is 0.725. The molecule has 1 aromatic rings. The fourth-order valence-corrected chi connectivity index (χ4v) is 1.82. The zero-order valence-electron chi connectivity index (χ0n) is 10.9. The Hall–Kier alpha value is -1.01. The van der Waals surface area contributed by atoms with Crippen LogP contribution in [-0.4, -0.2) is 35.5 Å². The van der Waals surface area contributed by atoms with Gasteiger partial charge in [-0.1, -0.05) is 0 Å². The standard InChI is InChI=1S/C12H21F2N3O/c1-3-17-11(6-9(2)16-17)7-10(15)4-5-18-8-12(13)14/h6,10,12H,3-5,7-8,15H2,1-2H3. The Morgan fingerprint density at radius 1 is 1.50 bits per heavy atom. The van der Waals surface area contributed by atoms with Crippen LogP contribution in [0, 0.1) is 6.92 Å². The highest BCUT2D eigenvalue weighted by Gasteiger charge is 2.10. The number of rotatable bonds is 8. The lowest BCUT2D eigenvalue weighted by Gasteiger charge is -2.12. The first kappa shape index (κ1) is 15.0. The first-order chi connectivity index (χ1) is 8.52. The normalized spacial score (nSPS) is 13.2. The third-order valence-corrected chi connectivity index (χ3v) is 2.63. The molecule has 1 heterocycles. The number of halogens is 2. The van der Waals surface area contributed by atoms with E-state index in [1.54, 1.807) is 0 Å². The minimum Gasteiger partial charge on any atom is -0.375 e. The number of alkyl halides is 2. The van der Waals surface area contributed by atoms with Gasteiger partial charge in [-0.3, -0.25) is 4.68 Å². The van der Waals surface area contributed by atoms with Crippen LogP contribution in [0.15, 0.2) is 6.07 Å². The Labute approximate surface area is 106 Å². The monoisotopic (exact) mass is 261 g/mol. The Morgan fingerprint density at radius 2 is 2.22 bits per heavy atom. The fraction of sp³-hybridized carbons (Fsp3) is 0.750. The summed E-state index contributed by atoms with van der Waals surface area (Å²) in [6.07, 6.45) is -1.15. The van der Waals surface area contributed by atoms with E-state index in [1.165, 1.54) is 0 Å². The van der Waals surface area contributed by atoms with E-state index in [2.05, 4.69) is 5.10 Å². The van der Waals surface area contributed by atoms with Gasteiger partial charge < -0.3 is 10.5 Å². The topological polar surface area (TPSA) is 53.1 Å². The van der Waals surface area contributed by atoms with Crippen molar-refractivity contribution in [2.24, 2.45) is 5.73 Å². The smallest absolute Gasteiger partial charge is 0.261 e. The van der Waals surface area contributed by atoms with Crippen LogP contribution in [0.4, 0.5) is 8.78 Å². The van der Waals surface area contributed by atoms with E-state index in [9.17, 15) is 8.78 Å². The molecule has 0 bridgehead atoms. The van der Waals surface area contributed by atoms with Crippen LogP contribution < -0.4 is 5.73 Å². The number of ether oxygens (including phenoxy) is 1. The maximum absolute atomic E-state index is 11.8. The van der Waals surface area contributed by atoms with E-state index in [-0.39, 0.29) is 12.6 Å². The summed E-state index contributed by atoms with van der Waals surface area (Å²) in [5, 5.41) is 4.33. The van der Waals surface area contributed by atoms with Crippen LogP contribution in [0.3, 0.4) is 0 Å². The molecule has 0 fully saturated rings. The molecule has 0 amide bonds. The van der Waals surface area contributed by atoms with Gasteiger partial charge in [-0.15, -0.1) is 0 Å². The van der Waals surface area contributed by atoms with Crippen LogP contribution in [0.2, 0.25) is 0 Å². The van der Waals surface area contributed by atoms with Crippen molar-refractivity contribution in [3.05, 3.63) is 17.5 Å². The van der Waals surface area contributed by atoms with Crippen molar-refractivity contribution in [2.45, 2.75) is 45.7 Å².